The lowest BCUT2D eigenvalue weighted by Gasteiger charge is -2.35. The summed E-state index contributed by atoms with van der Waals surface area (Å²) in [6.07, 6.45) is 14.1. The minimum absolute atomic E-state index is 0.408. The van der Waals surface area contributed by atoms with E-state index >= 15 is 0 Å². The van der Waals surface area contributed by atoms with Gasteiger partial charge >= 0.3 is 0 Å². The summed E-state index contributed by atoms with van der Waals surface area (Å²) in [5.74, 6) is 11.3. The maximum atomic E-state index is 6.01. The molecular formula is C63H131N5O3S. The second-order valence-corrected chi connectivity index (χ2v) is 28.5. The van der Waals surface area contributed by atoms with E-state index in [2.05, 4.69) is 205 Å². The molecule has 5 N–H and O–H groups in total. The van der Waals surface area contributed by atoms with E-state index in [-0.39, 0.29) is 0 Å². The van der Waals surface area contributed by atoms with Gasteiger partial charge in [-0.25, -0.2) is 0 Å². The summed E-state index contributed by atoms with van der Waals surface area (Å²) in [6.45, 7) is 58.4. The van der Waals surface area contributed by atoms with Crippen LogP contribution >= 0.6 is 11.8 Å². The van der Waals surface area contributed by atoms with Gasteiger partial charge in [0.2, 0.25) is 0 Å². The number of hydrogen-bond acceptors (Lipinski definition) is 9. The fourth-order valence-corrected chi connectivity index (χ4v) is 12.0. The maximum Gasteiger partial charge on any atom is 0.0726 e. The molecule has 432 valence electrons. The molecule has 9 heteroatoms. The molecule has 0 saturated carbocycles. The normalized spacial score (nSPS) is 31.5. The molecule has 0 amide bonds. The van der Waals surface area contributed by atoms with Crippen LogP contribution in [0.4, 0.5) is 0 Å². The highest BCUT2D eigenvalue weighted by molar-refractivity contribution is 7.99. The van der Waals surface area contributed by atoms with Crippen molar-refractivity contribution in [1.29, 1.82) is 0 Å². The van der Waals surface area contributed by atoms with Crippen LogP contribution in [-0.4, -0.2) is 111 Å². The zero-order valence-electron chi connectivity index (χ0n) is 52.6. The van der Waals surface area contributed by atoms with Crippen molar-refractivity contribution in [2.75, 3.05) is 37.8 Å². The molecule has 6 rings (SSSR count). The minimum Gasteiger partial charge on any atom is -0.378 e. The van der Waals surface area contributed by atoms with Crippen molar-refractivity contribution in [1.82, 2.24) is 26.6 Å². The molecule has 6 aliphatic rings. The van der Waals surface area contributed by atoms with Crippen LogP contribution in [0.3, 0.4) is 0 Å². The average Bonchev–Trinajstić information content (AvgIpc) is 3.35. The third kappa shape index (κ3) is 28.6. The van der Waals surface area contributed by atoms with E-state index in [0.29, 0.717) is 72.0 Å². The van der Waals surface area contributed by atoms with Gasteiger partial charge in [-0.2, -0.15) is 11.8 Å². The molecule has 6 heterocycles. The van der Waals surface area contributed by atoms with Crippen LogP contribution in [0, 0.1) is 71.0 Å². The molecule has 12 unspecified atom stereocenters. The Labute approximate surface area is 456 Å². The van der Waals surface area contributed by atoms with Gasteiger partial charge in [-0.05, 0) is 116 Å². The van der Waals surface area contributed by atoms with Crippen LogP contribution in [0.5, 0.6) is 0 Å². The van der Waals surface area contributed by atoms with Gasteiger partial charge < -0.3 is 40.8 Å². The largest absolute Gasteiger partial charge is 0.378 e. The molecule has 8 nitrogen and oxygen atoms in total. The number of thioether (sulfide) groups is 1. The zero-order valence-corrected chi connectivity index (χ0v) is 53.4. The molecule has 0 bridgehead atoms. The topological polar surface area (TPSA) is 87.8 Å². The Morgan fingerprint density at radius 3 is 0.819 bits per heavy atom. The highest BCUT2D eigenvalue weighted by atomic mass is 32.2. The average molecular weight is 1040 g/mol. The first-order valence-corrected chi connectivity index (χ1v) is 32.0. The Bertz CT molecular complexity index is 959. The summed E-state index contributed by atoms with van der Waals surface area (Å²) in [4.78, 5) is 0. The fourth-order valence-electron chi connectivity index (χ4n) is 10.4. The summed E-state index contributed by atoms with van der Waals surface area (Å²) in [6, 6.07) is 5.64. The molecule has 6 saturated heterocycles. The Balaban J connectivity index is 0.000000432. The lowest BCUT2D eigenvalue weighted by atomic mass is 9.87. The molecule has 0 aromatic carbocycles. The molecule has 0 aliphatic carbocycles. The van der Waals surface area contributed by atoms with E-state index in [1.165, 1.54) is 69.3 Å². The Hall–Kier alpha value is 0.0300. The van der Waals surface area contributed by atoms with Crippen molar-refractivity contribution in [3.63, 3.8) is 0 Å². The van der Waals surface area contributed by atoms with Crippen molar-refractivity contribution >= 4 is 11.8 Å². The van der Waals surface area contributed by atoms with Gasteiger partial charge in [-0.1, -0.05) is 179 Å². The molecule has 6 fully saturated rings. The summed E-state index contributed by atoms with van der Waals surface area (Å²) < 4.78 is 17.5. The summed E-state index contributed by atoms with van der Waals surface area (Å²) in [5, 5.41) is 18.3. The Kier molecular flexibility index (Phi) is 36.7. The third-order valence-corrected chi connectivity index (χ3v) is 17.9. The molecule has 72 heavy (non-hydrogen) atoms. The van der Waals surface area contributed by atoms with Gasteiger partial charge in [0.25, 0.3) is 0 Å². The van der Waals surface area contributed by atoms with Crippen LogP contribution in [0.25, 0.3) is 0 Å². The second kappa shape index (κ2) is 37.8. The summed E-state index contributed by atoms with van der Waals surface area (Å²) >= 11 is 2.11. The second-order valence-electron chi connectivity index (χ2n) is 27.4. The van der Waals surface area contributed by atoms with Gasteiger partial charge in [-0.3, -0.25) is 0 Å². The first-order valence-electron chi connectivity index (χ1n) is 30.9. The number of nitrogens with one attached hydrogen (secondary N) is 5. The van der Waals surface area contributed by atoms with Crippen molar-refractivity contribution in [3.8, 4) is 0 Å². The van der Waals surface area contributed by atoms with Crippen LogP contribution in [0.1, 0.15) is 224 Å². The summed E-state index contributed by atoms with van der Waals surface area (Å²) in [7, 11) is 0. The van der Waals surface area contributed by atoms with Gasteiger partial charge in [0.1, 0.15) is 0 Å². The highest BCUT2D eigenvalue weighted by Crippen LogP contribution is 2.28. The van der Waals surface area contributed by atoms with Crippen LogP contribution in [0.2, 0.25) is 0 Å². The van der Waals surface area contributed by atoms with Crippen molar-refractivity contribution < 1.29 is 14.2 Å². The lowest BCUT2D eigenvalue weighted by Crippen LogP contribution is -2.53. The number of ether oxygens (including phenoxy) is 3. The van der Waals surface area contributed by atoms with E-state index in [0.717, 1.165) is 98.1 Å². The first kappa shape index (κ1) is 70.0. The standard InChI is InChI=1S/2C11H23N.C11H22O.2C10H21NO.C10H21NS/c3*1-8(2)10-6-5-7-11(12-10)9(3)4;1-7(2)9-5-12-6-10(11-9)8(3)4;1-7(2)9-5-11-6-10(12-9)8(3)4;1-7(2)9-5-12-6-10(11-9)8(3)4/h2*8-12H,5-7H2,1-4H3;8-11H,5-7H2,1-4H3;3*7-11H,5-6H2,1-4H3. The molecule has 0 aromatic heterocycles. The highest BCUT2D eigenvalue weighted by Gasteiger charge is 2.30. The van der Waals surface area contributed by atoms with Gasteiger partial charge in [0, 0.05) is 72.9 Å². The molecular weight excluding hydrogens is 907 g/mol. The number of piperidine rings is 2. The minimum atomic E-state index is 0.408. The number of morpholine rings is 2. The third-order valence-electron chi connectivity index (χ3n) is 16.7. The van der Waals surface area contributed by atoms with Crippen LogP contribution in [0.15, 0.2) is 0 Å². The molecule has 0 aromatic rings. The molecule has 0 radical (unpaired) electrons. The van der Waals surface area contributed by atoms with Crippen molar-refractivity contribution in [2.45, 2.75) is 297 Å². The fraction of sp³-hybridized carbons (Fsp3) is 1.00. The smallest absolute Gasteiger partial charge is 0.0726 e. The predicted molar refractivity (Wildman–Crippen MR) is 321 cm³/mol. The number of rotatable bonds is 12. The van der Waals surface area contributed by atoms with Gasteiger partial charge in [0.15, 0.2) is 0 Å². The quantitative estimate of drug-likeness (QED) is 0.131. The molecule has 12 atom stereocenters. The van der Waals surface area contributed by atoms with E-state index < -0.39 is 0 Å². The zero-order chi connectivity index (χ0) is 54.8. The lowest BCUT2D eigenvalue weighted by molar-refractivity contribution is -0.0892. The molecule has 6 aliphatic heterocycles. The van der Waals surface area contributed by atoms with Crippen LogP contribution < -0.4 is 26.6 Å². The van der Waals surface area contributed by atoms with Crippen LogP contribution in [-0.2, 0) is 14.2 Å². The van der Waals surface area contributed by atoms with E-state index in [1.807, 2.05) is 0 Å². The summed E-state index contributed by atoms with van der Waals surface area (Å²) in [5.41, 5.74) is 0. The number of hydrogen-bond donors (Lipinski definition) is 5. The SMILES string of the molecule is CC(C)C1CCCC(C(C)C)N1.CC(C)C1CCCC(C(C)C)N1.CC(C)C1CCCC(C(C)C)O1.CC(C)C1CNCC(C(C)C)O1.CC(C)C1COCC(C(C)C)N1.CC(C)C1CSCC(C(C)C)N1. The molecule has 0 spiro atoms. The van der Waals surface area contributed by atoms with E-state index in [4.69, 9.17) is 14.2 Å². The monoisotopic (exact) mass is 1040 g/mol. The van der Waals surface area contributed by atoms with Crippen molar-refractivity contribution in [2.24, 2.45) is 71.0 Å². The predicted octanol–water partition coefficient (Wildman–Crippen LogP) is 14.5. The Morgan fingerprint density at radius 2 is 0.542 bits per heavy atom. The van der Waals surface area contributed by atoms with Gasteiger partial charge in [-0.15, -0.1) is 0 Å². The van der Waals surface area contributed by atoms with E-state index in [1.54, 1.807) is 0 Å². The van der Waals surface area contributed by atoms with Crippen molar-refractivity contribution in [3.05, 3.63) is 0 Å². The van der Waals surface area contributed by atoms with Gasteiger partial charge in [0.05, 0.1) is 37.6 Å². The maximum absolute atomic E-state index is 6.01. The first-order chi connectivity index (χ1) is 33.7. The Morgan fingerprint density at radius 1 is 0.292 bits per heavy atom. The van der Waals surface area contributed by atoms with E-state index in [9.17, 15) is 0 Å².